The zero-order valence-electron chi connectivity index (χ0n) is 8.31. The first kappa shape index (κ1) is 10.5. The molecule has 3 heteroatoms. The van der Waals surface area contributed by atoms with Crippen molar-refractivity contribution in [2.75, 3.05) is 0 Å². The first-order valence-corrected chi connectivity index (χ1v) is 6.14. The van der Waals surface area contributed by atoms with E-state index in [1.807, 2.05) is 24.3 Å². The number of ketones is 1. The van der Waals surface area contributed by atoms with Crippen molar-refractivity contribution >= 4 is 17.0 Å². The molecule has 0 spiro atoms. The lowest BCUT2D eigenvalue weighted by Gasteiger charge is -2.14. The first-order valence-electron chi connectivity index (χ1n) is 4.99. The summed E-state index contributed by atoms with van der Waals surface area (Å²) in [4.78, 5) is 12.7. The van der Waals surface area contributed by atoms with E-state index in [0.717, 1.165) is 12.8 Å². The molecule has 0 saturated heterocycles. The lowest BCUT2D eigenvalue weighted by Crippen LogP contribution is -2.16. The number of allylic oxidation sites excluding steroid dienone is 2. The summed E-state index contributed by atoms with van der Waals surface area (Å²) in [5.74, 6) is 0.0310. The van der Waals surface area contributed by atoms with Crippen molar-refractivity contribution in [2.45, 2.75) is 24.2 Å². The van der Waals surface area contributed by atoms with Crippen molar-refractivity contribution in [3.63, 3.8) is 0 Å². The molecule has 0 aromatic heterocycles. The average Bonchev–Trinajstić information content (AvgIpc) is 2.30. The van der Waals surface area contributed by atoms with Gasteiger partial charge in [-0.2, -0.15) is 0 Å². The van der Waals surface area contributed by atoms with Crippen LogP contribution in [0.4, 0.5) is 0 Å². The van der Waals surface area contributed by atoms with E-state index in [0.29, 0.717) is 16.2 Å². The highest BCUT2D eigenvalue weighted by atomic mass is 32.2. The highest BCUT2D eigenvalue weighted by Crippen LogP contribution is 2.25. The van der Waals surface area contributed by atoms with E-state index in [9.17, 15) is 9.35 Å². The van der Waals surface area contributed by atoms with Crippen LogP contribution < -0.4 is 0 Å². The first-order chi connectivity index (χ1) is 7.29. The summed E-state index contributed by atoms with van der Waals surface area (Å²) in [6, 6.07) is 9.12. The molecule has 1 atom stereocenters. The molecule has 0 amide bonds. The minimum absolute atomic E-state index is 0.0310. The molecule has 0 bridgehead atoms. The van der Waals surface area contributed by atoms with Gasteiger partial charge in [0.15, 0.2) is 9.80 Å². The van der Waals surface area contributed by atoms with E-state index in [4.69, 9.17) is 0 Å². The van der Waals surface area contributed by atoms with Crippen LogP contribution in [-0.2, 0) is 16.0 Å². The zero-order valence-corrected chi connectivity index (χ0v) is 9.13. The van der Waals surface area contributed by atoms with Gasteiger partial charge in [0, 0.05) is 17.6 Å². The molecule has 2 nitrogen and oxygen atoms in total. The maximum atomic E-state index is 12.0. The van der Waals surface area contributed by atoms with Crippen LogP contribution in [0.25, 0.3) is 0 Å². The fourth-order valence-electron chi connectivity index (χ4n) is 1.58. The second kappa shape index (κ2) is 4.64. The minimum atomic E-state index is -1.29. The van der Waals surface area contributed by atoms with Gasteiger partial charge < -0.3 is 4.55 Å². The summed E-state index contributed by atoms with van der Waals surface area (Å²) >= 11 is -1.29. The molecule has 15 heavy (non-hydrogen) atoms. The molecule has 0 aliphatic heterocycles. The Morgan fingerprint density at radius 1 is 1.20 bits per heavy atom. The number of Topliss-reactive ketones (excluding diaryl/α,β-unsaturated/α-hetero) is 1. The van der Waals surface area contributed by atoms with E-state index in [1.54, 1.807) is 12.1 Å². The minimum Gasteiger partial charge on any atom is -0.606 e. The van der Waals surface area contributed by atoms with Crippen molar-refractivity contribution in [3.8, 4) is 0 Å². The van der Waals surface area contributed by atoms with Crippen LogP contribution in [0, 0.1) is 0 Å². The van der Waals surface area contributed by atoms with Gasteiger partial charge >= 0.3 is 0 Å². The standard InChI is InChI=1S/C12H12O2S/c13-11-8-4-5-9-12(11)15(14)10-6-2-1-3-7-10/h1-3,6-7,9H,4-5,8H2. The molecular formula is C12H12O2S. The lowest BCUT2D eigenvalue weighted by molar-refractivity contribution is -0.115. The van der Waals surface area contributed by atoms with Crippen molar-refractivity contribution in [1.82, 2.24) is 0 Å². The zero-order chi connectivity index (χ0) is 10.7. The lowest BCUT2D eigenvalue weighted by atomic mass is 10.1. The summed E-state index contributed by atoms with van der Waals surface area (Å²) in [5, 5.41) is 0. The fourth-order valence-corrected chi connectivity index (χ4v) is 2.82. The average molecular weight is 220 g/mol. The predicted octanol–water partition coefficient (Wildman–Crippen LogP) is 2.43. The van der Waals surface area contributed by atoms with Crippen LogP contribution in [0.3, 0.4) is 0 Å². The largest absolute Gasteiger partial charge is 0.606 e. The Morgan fingerprint density at radius 2 is 1.93 bits per heavy atom. The fraction of sp³-hybridized carbons (Fsp3) is 0.250. The van der Waals surface area contributed by atoms with E-state index in [1.165, 1.54) is 0 Å². The van der Waals surface area contributed by atoms with Crippen LogP contribution in [0.15, 0.2) is 46.2 Å². The summed E-state index contributed by atoms with van der Waals surface area (Å²) in [6.07, 6.45) is 4.09. The predicted molar refractivity (Wildman–Crippen MR) is 59.8 cm³/mol. The summed E-state index contributed by atoms with van der Waals surface area (Å²) in [6.45, 7) is 0. The Bertz CT molecular complexity index is 384. The Morgan fingerprint density at radius 3 is 2.60 bits per heavy atom. The normalized spacial score (nSPS) is 18.5. The number of hydrogen-bond acceptors (Lipinski definition) is 2. The molecule has 1 aromatic rings. The van der Waals surface area contributed by atoms with Crippen LogP contribution in [0.1, 0.15) is 19.3 Å². The van der Waals surface area contributed by atoms with Crippen LogP contribution in [0.2, 0.25) is 0 Å². The van der Waals surface area contributed by atoms with Gasteiger partial charge in [-0.3, -0.25) is 4.79 Å². The second-order valence-corrected chi connectivity index (χ2v) is 4.91. The summed E-state index contributed by atoms with van der Waals surface area (Å²) < 4.78 is 12.0. The monoisotopic (exact) mass is 220 g/mol. The number of benzene rings is 1. The topological polar surface area (TPSA) is 40.1 Å². The second-order valence-electron chi connectivity index (χ2n) is 3.47. The molecule has 0 radical (unpaired) electrons. The molecule has 1 unspecified atom stereocenters. The van der Waals surface area contributed by atoms with Crippen LogP contribution >= 0.6 is 0 Å². The van der Waals surface area contributed by atoms with Gasteiger partial charge in [-0.05, 0) is 31.1 Å². The van der Waals surface area contributed by atoms with Gasteiger partial charge in [0.05, 0.1) is 0 Å². The molecule has 0 saturated carbocycles. The molecule has 0 heterocycles. The van der Waals surface area contributed by atoms with Gasteiger partial charge in [-0.15, -0.1) is 0 Å². The maximum absolute atomic E-state index is 12.0. The number of rotatable bonds is 2. The third kappa shape index (κ3) is 2.30. The molecule has 1 aromatic carbocycles. The number of hydrogen-bond donors (Lipinski definition) is 0. The summed E-state index contributed by atoms with van der Waals surface area (Å²) in [7, 11) is 0. The third-order valence-corrected chi connectivity index (χ3v) is 3.86. The third-order valence-electron chi connectivity index (χ3n) is 2.37. The molecule has 0 N–H and O–H groups in total. The van der Waals surface area contributed by atoms with E-state index in [-0.39, 0.29) is 5.78 Å². The van der Waals surface area contributed by atoms with E-state index in [2.05, 4.69) is 0 Å². The Balaban J connectivity index is 2.24. The molecule has 2 rings (SSSR count). The van der Waals surface area contributed by atoms with Gasteiger partial charge in [-0.1, -0.05) is 18.2 Å². The maximum Gasteiger partial charge on any atom is 0.210 e. The smallest absolute Gasteiger partial charge is 0.210 e. The van der Waals surface area contributed by atoms with Crippen LogP contribution in [-0.4, -0.2) is 10.3 Å². The van der Waals surface area contributed by atoms with E-state index >= 15 is 0 Å². The molecule has 1 aliphatic rings. The highest BCUT2D eigenvalue weighted by molar-refractivity contribution is 7.96. The number of carbonyl (C=O) groups is 1. The van der Waals surface area contributed by atoms with E-state index < -0.39 is 11.2 Å². The number of carbonyl (C=O) groups excluding carboxylic acids is 1. The summed E-state index contributed by atoms with van der Waals surface area (Å²) in [5.41, 5.74) is 0. The Hall–Kier alpha value is -1.06. The molecule has 1 aliphatic carbocycles. The molecule has 0 fully saturated rings. The SMILES string of the molecule is O=C1CCCC=C1[S+]([O-])c1ccccc1. The van der Waals surface area contributed by atoms with Gasteiger partial charge in [0.2, 0.25) is 5.78 Å². The Labute approximate surface area is 92.2 Å². The van der Waals surface area contributed by atoms with Crippen molar-refractivity contribution in [3.05, 3.63) is 41.3 Å². The van der Waals surface area contributed by atoms with Crippen molar-refractivity contribution < 1.29 is 9.35 Å². The van der Waals surface area contributed by atoms with Gasteiger partial charge in [0.25, 0.3) is 0 Å². The van der Waals surface area contributed by atoms with Crippen molar-refractivity contribution in [1.29, 1.82) is 0 Å². The molecular weight excluding hydrogens is 208 g/mol. The quantitative estimate of drug-likeness (QED) is 0.718. The van der Waals surface area contributed by atoms with Gasteiger partial charge in [-0.25, -0.2) is 0 Å². The van der Waals surface area contributed by atoms with Crippen molar-refractivity contribution in [2.24, 2.45) is 0 Å². The van der Waals surface area contributed by atoms with Gasteiger partial charge in [0.1, 0.15) is 0 Å². The van der Waals surface area contributed by atoms with Crippen LogP contribution in [0.5, 0.6) is 0 Å². The Kier molecular flexibility index (Phi) is 3.23. The highest BCUT2D eigenvalue weighted by Gasteiger charge is 2.26. The molecule has 78 valence electrons.